The number of furan rings is 1. The number of fused-ring (bicyclic) bond motifs is 6. The summed E-state index contributed by atoms with van der Waals surface area (Å²) in [6.45, 7) is 0. The number of rotatable bonds is 4. The first-order chi connectivity index (χ1) is 21.1. The first-order valence-electron chi connectivity index (χ1n) is 14.1. The van der Waals surface area contributed by atoms with Crippen LogP contribution in [0.4, 0.5) is 0 Å². The van der Waals surface area contributed by atoms with Gasteiger partial charge in [-0.2, -0.15) is 0 Å². The molecule has 0 atom stereocenters. The zero-order valence-electron chi connectivity index (χ0n) is 23.0. The summed E-state index contributed by atoms with van der Waals surface area (Å²) in [4.78, 5) is 4.49. The van der Waals surface area contributed by atoms with E-state index in [4.69, 9.17) is 15.6 Å². The highest BCUT2D eigenvalue weighted by Gasteiger charge is 2.18. The van der Waals surface area contributed by atoms with Gasteiger partial charge < -0.3 is 10.2 Å². The molecule has 6 aromatic carbocycles. The van der Waals surface area contributed by atoms with E-state index in [0.717, 1.165) is 33.1 Å². The second kappa shape index (κ2) is 10.1. The van der Waals surface area contributed by atoms with E-state index >= 15 is 0 Å². The number of hydrogen-bond donors (Lipinski definition) is 2. The highest BCUT2D eigenvalue weighted by Crippen LogP contribution is 2.44. The molecular weight excluding hydrogens is 547 g/mol. The summed E-state index contributed by atoms with van der Waals surface area (Å²) in [6, 6.07) is 45.4. The Balaban J connectivity index is 1.35. The Morgan fingerprint density at radius 1 is 0.605 bits per heavy atom. The van der Waals surface area contributed by atoms with E-state index < -0.39 is 0 Å². The highest BCUT2D eigenvalue weighted by molar-refractivity contribution is 7.26. The summed E-state index contributed by atoms with van der Waals surface area (Å²) in [7, 11) is 0. The molecule has 0 saturated carbocycles. The molecule has 8 rings (SSSR count). The molecule has 0 bridgehead atoms. The van der Waals surface area contributed by atoms with Crippen LogP contribution in [-0.4, -0.2) is 11.7 Å². The molecule has 0 aliphatic heterocycles. The number of hydrogen-bond acceptors (Lipinski definition) is 3. The summed E-state index contributed by atoms with van der Waals surface area (Å²) < 4.78 is 8.82. The van der Waals surface area contributed by atoms with Crippen molar-refractivity contribution in [3.63, 3.8) is 0 Å². The second-order valence-corrected chi connectivity index (χ2v) is 11.6. The van der Waals surface area contributed by atoms with Crippen molar-refractivity contribution in [2.45, 2.75) is 0 Å². The minimum absolute atomic E-state index is 0.119. The average molecular weight is 572 g/mol. The maximum Gasteiger partial charge on any atom is 0.154 e. The van der Waals surface area contributed by atoms with E-state index in [1.54, 1.807) is 0 Å². The van der Waals surface area contributed by atoms with Gasteiger partial charge in [0.05, 0.1) is 0 Å². The van der Waals surface area contributed by atoms with Gasteiger partial charge in [0.15, 0.2) is 5.84 Å². The molecule has 0 spiro atoms. The number of nitrogens with one attached hydrogen (secondary N) is 1. The smallest absolute Gasteiger partial charge is 0.154 e. The van der Waals surface area contributed by atoms with Gasteiger partial charge in [-0.3, -0.25) is 5.41 Å². The van der Waals surface area contributed by atoms with E-state index in [9.17, 15) is 0 Å². The number of amidine groups is 2. The fraction of sp³-hybridized carbons (Fsp3) is 0. The van der Waals surface area contributed by atoms with Crippen LogP contribution in [0, 0.1) is 5.41 Å². The van der Waals surface area contributed by atoms with Crippen molar-refractivity contribution in [3.05, 3.63) is 145 Å². The third-order valence-electron chi connectivity index (χ3n) is 7.95. The van der Waals surface area contributed by atoms with E-state index in [1.165, 1.54) is 36.9 Å². The molecule has 2 heterocycles. The molecule has 204 valence electrons. The zero-order valence-corrected chi connectivity index (χ0v) is 23.9. The molecule has 2 aromatic heterocycles. The van der Waals surface area contributed by atoms with Gasteiger partial charge in [-0.25, -0.2) is 4.99 Å². The van der Waals surface area contributed by atoms with Gasteiger partial charge >= 0.3 is 0 Å². The Bertz CT molecular complexity index is 2370. The van der Waals surface area contributed by atoms with Crippen LogP contribution in [0.1, 0.15) is 11.1 Å². The Kier molecular flexibility index (Phi) is 5.91. The van der Waals surface area contributed by atoms with E-state index in [0.29, 0.717) is 5.56 Å². The van der Waals surface area contributed by atoms with Crippen molar-refractivity contribution in [2.75, 3.05) is 0 Å². The molecule has 0 amide bonds. The van der Waals surface area contributed by atoms with E-state index in [1.807, 2.05) is 72.0 Å². The molecule has 0 fully saturated rings. The molecule has 43 heavy (non-hydrogen) atoms. The van der Waals surface area contributed by atoms with Crippen molar-refractivity contribution in [2.24, 2.45) is 10.7 Å². The average Bonchev–Trinajstić information content (AvgIpc) is 3.63. The van der Waals surface area contributed by atoms with Crippen LogP contribution in [0.15, 0.2) is 143 Å². The van der Waals surface area contributed by atoms with Crippen LogP contribution in [0.25, 0.3) is 64.4 Å². The zero-order chi connectivity index (χ0) is 28.9. The largest absolute Gasteiger partial charge is 0.456 e. The normalized spacial score (nSPS) is 12.0. The third-order valence-corrected chi connectivity index (χ3v) is 9.06. The lowest BCUT2D eigenvalue weighted by molar-refractivity contribution is 0.669. The number of aliphatic imine (C=N–C) groups is 1. The van der Waals surface area contributed by atoms with E-state index in [-0.39, 0.29) is 11.7 Å². The minimum atomic E-state index is 0.119. The van der Waals surface area contributed by atoms with Crippen LogP contribution in [0.3, 0.4) is 0 Å². The molecule has 8 aromatic rings. The Morgan fingerprint density at radius 3 is 2.21 bits per heavy atom. The fourth-order valence-corrected chi connectivity index (χ4v) is 7.10. The monoisotopic (exact) mass is 571 g/mol. The van der Waals surface area contributed by atoms with Crippen molar-refractivity contribution in [1.82, 2.24) is 0 Å². The Morgan fingerprint density at radius 2 is 1.37 bits per heavy atom. The van der Waals surface area contributed by atoms with Gasteiger partial charge in [0, 0.05) is 42.1 Å². The molecule has 0 aliphatic rings. The van der Waals surface area contributed by atoms with Crippen LogP contribution in [0.2, 0.25) is 0 Å². The molecule has 3 N–H and O–H groups in total. The van der Waals surface area contributed by atoms with E-state index in [2.05, 4.69) is 77.8 Å². The topological polar surface area (TPSA) is 75.4 Å². The number of thiophene rings is 1. The van der Waals surface area contributed by atoms with Gasteiger partial charge in [0.2, 0.25) is 0 Å². The standard InChI is InChI=1S/C38H25N3OS/c39-37(24-12-5-2-6-13-24)41-38(40)28-15-9-16-32-35(28)30-20-25(18-19-31(30)42-32)29-21-26(23-10-3-1-4-11-23)22-34-36(29)27-14-7-8-17-33(27)43-34/h1-22H,(H3,39,40,41). The highest BCUT2D eigenvalue weighted by atomic mass is 32.1. The number of nitrogens with two attached hydrogens (primary N) is 1. The maximum absolute atomic E-state index is 8.52. The summed E-state index contributed by atoms with van der Waals surface area (Å²) >= 11 is 1.83. The van der Waals surface area contributed by atoms with Crippen LogP contribution in [0.5, 0.6) is 0 Å². The molecule has 4 nitrogen and oxygen atoms in total. The Labute approximate surface area is 251 Å². The molecule has 0 saturated heterocycles. The van der Waals surface area contributed by atoms with Crippen LogP contribution < -0.4 is 5.73 Å². The van der Waals surface area contributed by atoms with Gasteiger partial charge in [0.1, 0.15) is 17.0 Å². The van der Waals surface area contributed by atoms with Crippen molar-refractivity contribution < 1.29 is 4.42 Å². The molecular formula is C38H25N3OS. The van der Waals surface area contributed by atoms with Crippen molar-refractivity contribution >= 4 is 65.1 Å². The molecule has 0 radical (unpaired) electrons. The first-order valence-corrected chi connectivity index (χ1v) is 14.9. The summed E-state index contributed by atoms with van der Waals surface area (Å²) in [5.41, 5.74) is 14.2. The van der Waals surface area contributed by atoms with Crippen LogP contribution >= 0.6 is 11.3 Å². The Hall–Kier alpha value is -5.52. The predicted molar refractivity (Wildman–Crippen MR) is 181 cm³/mol. The van der Waals surface area contributed by atoms with Gasteiger partial charge in [-0.05, 0) is 58.7 Å². The fourth-order valence-electron chi connectivity index (χ4n) is 5.93. The van der Waals surface area contributed by atoms with Gasteiger partial charge in [-0.1, -0.05) is 97.1 Å². The number of benzene rings is 6. The molecule has 0 unspecified atom stereocenters. The summed E-state index contributed by atoms with van der Waals surface area (Å²) in [5.74, 6) is 0.401. The van der Waals surface area contributed by atoms with Crippen molar-refractivity contribution in [1.29, 1.82) is 5.41 Å². The predicted octanol–water partition coefficient (Wildman–Crippen LogP) is 10.0. The summed E-state index contributed by atoms with van der Waals surface area (Å²) in [5, 5.41) is 12.9. The quantitative estimate of drug-likeness (QED) is 0.163. The lowest BCUT2D eigenvalue weighted by atomic mass is 9.93. The first kappa shape index (κ1) is 25.2. The van der Waals surface area contributed by atoms with Crippen molar-refractivity contribution in [3.8, 4) is 22.3 Å². The van der Waals surface area contributed by atoms with Gasteiger partial charge in [0.25, 0.3) is 0 Å². The minimum Gasteiger partial charge on any atom is -0.456 e. The lowest BCUT2D eigenvalue weighted by Crippen LogP contribution is -2.16. The number of nitrogens with zero attached hydrogens (tertiary/aromatic N) is 1. The third kappa shape index (κ3) is 4.30. The lowest BCUT2D eigenvalue weighted by Gasteiger charge is -2.10. The molecule has 5 heteroatoms. The van der Waals surface area contributed by atoms with Gasteiger partial charge in [-0.15, -0.1) is 11.3 Å². The SMILES string of the molecule is N=C(N=C(N)c1cccc2oc3ccc(-c4cc(-c5ccccc5)cc5sc6ccccc6c45)cc3c12)c1ccccc1. The second-order valence-electron chi connectivity index (χ2n) is 10.6. The maximum atomic E-state index is 8.52. The van der Waals surface area contributed by atoms with Crippen LogP contribution in [-0.2, 0) is 0 Å². The molecule has 0 aliphatic carbocycles. The summed E-state index contributed by atoms with van der Waals surface area (Å²) in [6.07, 6.45) is 0.